The smallest absolute Gasteiger partial charge is 0.0864 e. The van der Waals surface area contributed by atoms with Gasteiger partial charge in [-0.2, -0.15) is 0 Å². The summed E-state index contributed by atoms with van der Waals surface area (Å²) in [4.78, 5) is 0. The zero-order valence-corrected chi connectivity index (χ0v) is 8.16. The lowest BCUT2D eigenvalue weighted by molar-refractivity contribution is -0.0908. The third-order valence-electron chi connectivity index (χ3n) is 2.55. The zero-order chi connectivity index (χ0) is 9.73. The number of ether oxygens (including phenoxy) is 2. The van der Waals surface area contributed by atoms with E-state index in [1.807, 2.05) is 6.92 Å². The quantitative estimate of drug-likeness (QED) is 0.647. The van der Waals surface area contributed by atoms with Crippen LogP contribution in [0.3, 0.4) is 0 Å². The highest BCUT2D eigenvalue weighted by atomic mass is 16.5. The Bertz CT molecular complexity index is 146. The molecule has 0 aromatic rings. The number of aliphatic hydroxyl groups is 1. The maximum Gasteiger partial charge on any atom is 0.0864 e. The topological polar surface area (TPSA) is 64.7 Å². The fraction of sp³-hybridized carbons (Fsp3) is 1.00. The molecule has 1 heterocycles. The molecular formula is C9H19NO3. The Labute approximate surface area is 79.0 Å². The summed E-state index contributed by atoms with van der Waals surface area (Å²) in [6, 6.07) is -0.295. The highest BCUT2D eigenvalue weighted by Crippen LogP contribution is 2.23. The van der Waals surface area contributed by atoms with Gasteiger partial charge in [0, 0.05) is 32.7 Å². The molecule has 1 unspecified atom stereocenters. The normalized spacial score (nSPS) is 24.2. The summed E-state index contributed by atoms with van der Waals surface area (Å²) in [5.74, 6) is 0. The molecule has 1 aliphatic rings. The molecule has 1 atom stereocenters. The van der Waals surface area contributed by atoms with E-state index in [1.54, 1.807) is 0 Å². The predicted octanol–water partition coefficient (Wildman–Crippen LogP) is -0.108. The molecule has 78 valence electrons. The van der Waals surface area contributed by atoms with Gasteiger partial charge >= 0.3 is 0 Å². The molecule has 4 heteroatoms. The average molecular weight is 189 g/mol. The van der Waals surface area contributed by atoms with Crippen molar-refractivity contribution in [1.29, 1.82) is 0 Å². The maximum atomic E-state index is 10.1. The van der Waals surface area contributed by atoms with Gasteiger partial charge in [-0.1, -0.05) is 0 Å². The van der Waals surface area contributed by atoms with Crippen LogP contribution in [0.25, 0.3) is 0 Å². The fourth-order valence-corrected chi connectivity index (χ4v) is 1.50. The Morgan fingerprint density at radius 2 is 2.15 bits per heavy atom. The van der Waals surface area contributed by atoms with Crippen molar-refractivity contribution in [3.63, 3.8) is 0 Å². The number of hydrogen-bond acceptors (Lipinski definition) is 4. The Kier molecular flexibility index (Phi) is 4.12. The Morgan fingerprint density at radius 3 is 2.69 bits per heavy atom. The van der Waals surface area contributed by atoms with E-state index in [2.05, 4.69) is 0 Å². The number of rotatable bonds is 4. The van der Waals surface area contributed by atoms with Crippen LogP contribution in [0.4, 0.5) is 0 Å². The van der Waals surface area contributed by atoms with Gasteiger partial charge in [-0.05, 0) is 6.92 Å². The summed E-state index contributed by atoms with van der Waals surface area (Å²) in [5.41, 5.74) is 5.05. The molecule has 0 aliphatic carbocycles. The molecule has 3 N–H and O–H groups in total. The molecule has 1 saturated heterocycles. The molecule has 0 spiro atoms. The lowest BCUT2D eigenvalue weighted by atomic mass is 9.87. The lowest BCUT2D eigenvalue weighted by Gasteiger charge is -2.36. The van der Waals surface area contributed by atoms with Gasteiger partial charge in [-0.15, -0.1) is 0 Å². The van der Waals surface area contributed by atoms with Crippen LogP contribution in [-0.4, -0.2) is 43.2 Å². The van der Waals surface area contributed by atoms with Crippen LogP contribution in [0, 0.1) is 0 Å². The molecule has 0 saturated carbocycles. The molecule has 0 amide bonds. The maximum absolute atomic E-state index is 10.1. The van der Waals surface area contributed by atoms with Gasteiger partial charge in [0.2, 0.25) is 0 Å². The van der Waals surface area contributed by atoms with E-state index < -0.39 is 5.60 Å². The first kappa shape index (κ1) is 10.9. The summed E-state index contributed by atoms with van der Waals surface area (Å²) in [6.07, 6.45) is 1.22. The van der Waals surface area contributed by atoms with E-state index in [-0.39, 0.29) is 6.04 Å². The van der Waals surface area contributed by atoms with Crippen molar-refractivity contribution in [2.24, 2.45) is 5.73 Å². The second-order valence-electron chi connectivity index (χ2n) is 3.48. The van der Waals surface area contributed by atoms with Crippen LogP contribution in [0.1, 0.15) is 19.8 Å². The Balaban J connectivity index is 2.37. The molecule has 0 radical (unpaired) electrons. The zero-order valence-electron chi connectivity index (χ0n) is 8.16. The monoisotopic (exact) mass is 189 g/mol. The molecule has 0 bridgehead atoms. The van der Waals surface area contributed by atoms with Crippen molar-refractivity contribution < 1.29 is 14.6 Å². The van der Waals surface area contributed by atoms with Crippen LogP contribution >= 0.6 is 0 Å². The minimum atomic E-state index is -0.784. The number of hydrogen-bond donors (Lipinski definition) is 2. The summed E-state index contributed by atoms with van der Waals surface area (Å²) in [7, 11) is 0. The standard InChI is InChI=1S/C9H19NO3/c1-2-12-7-8(10)9(11)3-5-13-6-4-9/h8,11H,2-7,10H2,1H3. The molecule has 0 aromatic carbocycles. The van der Waals surface area contributed by atoms with Crippen molar-refractivity contribution in [3.8, 4) is 0 Å². The second-order valence-corrected chi connectivity index (χ2v) is 3.48. The van der Waals surface area contributed by atoms with Gasteiger partial charge in [0.25, 0.3) is 0 Å². The van der Waals surface area contributed by atoms with Gasteiger partial charge in [-0.25, -0.2) is 0 Å². The third kappa shape index (κ3) is 2.91. The first-order valence-corrected chi connectivity index (χ1v) is 4.82. The van der Waals surface area contributed by atoms with Crippen molar-refractivity contribution in [2.45, 2.75) is 31.4 Å². The predicted molar refractivity (Wildman–Crippen MR) is 49.5 cm³/mol. The minimum absolute atomic E-state index is 0.295. The summed E-state index contributed by atoms with van der Waals surface area (Å²) in [5, 5.41) is 10.1. The molecule has 1 aliphatic heterocycles. The largest absolute Gasteiger partial charge is 0.388 e. The van der Waals surface area contributed by atoms with E-state index in [0.29, 0.717) is 39.3 Å². The first-order chi connectivity index (χ1) is 6.19. The molecule has 1 fully saturated rings. The van der Waals surface area contributed by atoms with Crippen LogP contribution in [-0.2, 0) is 9.47 Å². The average Bonchev–Trinajstić information content (AvgIpc) is 2.15. The Hall–Kier alpha value is -0.160. The van der Waals surface area contributed by atoms with Crippen molar-refractivity contribution >= 4 is 0 Å². The fourth-order valence-electron chi connectivity index (χ4n) is 1.50. The van der Waals surface area contributed by atoms with E-state index >= 15 is 0 Å². The van der Waals surface area contributed by atoms with Gasteiger partial charge in [0.05, 0.1) is 18.2 Å². The van der Waals surface area contributed by atoms with Crippen LogP contribution in [0.15, 0.2) is 0 Å². The van der Waals surface area contributed by atoms with Gasteiger partial charge in [0.15, 0.2) is 0 Å². The number of nitrogens with two attached hydrogens (primary N) is 1. The SMILES string of the molecule is CCOCC(N)C1(O)CCOCC1. The van der Waals surface area contributed by atoms with Gasteiger partial charge < -0.3 is 20.3 Å². The van der Waals surface area contributed by atoms with Crippen molar-refractivity contribution in [2.75, 3.05) is 26.4 Å². The summed E-state index contributed by atoms with van der Waals surface area (Å²) < 4.78 is 10.4. The van der Waals surface area contributed by atoms with Gasteiger partial charge in [0.1, 0.15) is 0 Å². The van der Waals surface area contributed by atoms with Crippen LogP contribution < -0.4 is 5.73 Å². The second kappa shape index (κ2) is 4.91. The highest BCUT2D eigenvalue weighted by Gasteiger charge is 2.36. The molecule has 1 rings (SSSR count). The summed E-state index contributed by atoms with van der Waals surface area (Å²) in [6.45, 7) is 4.17. The van der Waals surface area contributed by atoms with E-state index in [0.717, 1.165) is 0 Å². The van der Waals surface area contributed by atoms with Crippen molar-refractivity contribution in [1.82, 2.24) is 0 Å². The molecule has 0 aromatic heterocycles. The molecule has 4 nitrogen and oxygen atoms in total. The van der Waals surface area contributed by atoms with Crippen molar-refractivity contribution in [3.05, 3.63) is 0 Å². The van der Waals surface area contributed by atoms with E-state index in [1.165, 1.54) is 0 Å². The van der Waals surface area contributed by atoms with E-state index in [9.17, 15) is 5.11 Å². The summed E-state index contributed by atoms with van der Waals surface area (Å²) >= 11 is 0. The molecule has 13 heavy (non-hydrogen) atoms. The third-order valence-corrected chi connectivity index (χ3v) is 2.55. The van der Waals surface area contributed by atoms with Gasteiger partial charge in [-0.3, -0.25) is 0 Å². The van der Waals surface area contributed by atoms with Crippen LogP contribution in [0.5, 0.6) is 0 Å². The first-order valence-electron chi connectivity index (χ1n) is 4.82. The lowest BCUT2D eigenvalue weighted by Crippen LogP contribution is -2.53. The van der Waals surface area contributed by atoms with E-state index in [4.69, 9.17) is 15.2 Å². The molecular weight excluding hydrogens is 170 g/mol. The Morgan fingerprint density at radius 1 is 1.54 bits per heavy atom. The highest BCUT2D eigenvalue weighted by molar-refractivity contribution is 4.91. The minimum Gasteiger partial charge on any atom is -0.388 e. The van der Waals surface area contributed by atoms with Crippen LogP contribution in [0.2, 0.25) is 0 Å².